The van der Waals surface area contributed by atoms with E-state index in [1.165, 1.54) is 17.5 Å². The molecule has 6 nitrogen and oxygen atoms in total. The number of ether oxygens (including phenoxy) is 2. The van der Waals surface area contributed by atoms with Gasteiger partial charge in [-0.15, -0.1) is 11.3 Å². The van der Waals surface area contributed by atoms with Gasteiger partial charge in [0.1, 0.15) is 9.77 Å². The maximum Gasteiger partial charge on any atom is 0.349 e. The van der Waals surface area contributed by atoms with Crippen molar-refractivity contribution in [2.45, 2.75) is 37.4 Å². The Morgan fingerprint density at radius 2 is 2.19 bits per heavy atom. The zero-order valence-electron chi connectivity index (χ0n) is 12.5. The van der Waals surface area contributed by atoms with E-state index in [1.807, 2.05) is 20.8 Å². The molecule has 0 aromatic carbocycles. The first-order chi connectivity index (χ1) is 9.67. The Hall–Kier alpha value is -0.960. The molecule has 1 saturated heterocycles. The van der Waals surface area contributed by atoms with E-state index in [9.17, 15) is 13.2 Å². The molecule has 0 spiro atoms. The molecular formula is C13H19NO5S2. The van der Waals surface area contributed by atoms with E-state index in [1.54, 1.807) is 5.38 Å². The predicted octanol–water partition coefficient (Wildman–Crippen LogP) is 1.72. The lowest BCUT2D eigenvalue weighted by Gasteiger charge is -2.40. The highest BCUT2D eigenvalue weighted by Crippen LogP contribution is 2.30. The van der Waals surface area contributed by atoms with Crippen LogP contribution in [0.15, 0.2) is 16.3 Å². The van der Waals surface area contributed by atoms with E-state index in [0.29, 0.717) is 0 Å². The molecule has 1 aliphatic heterocycles. The van der Waals surface area contributed by atoms with E-state index in [-0.39, 0.29) is 29.0 Å². The van der Waals surface area contributed by atoms with Crippen LogP contribution in [0, 0.1) is 0 Å². The Morgan fingerprint density at radius 3 is 2.76 bits per heavy atom. The molecule has 2 heterocycles. The van der Waals surface area contributed by atoms with Crippen LogP contribution in [0.1, 0.15) is 30.4 Å². The Balaban J connectivity index is 2.39. The van der Waals surface area contributed by atoms with Crippen LogP contribution in [0.2, 0.25) is 0 Å². The van der Waals surface area contributed by atoms with Crippen molar-refractivity contribution in [3.63, 3.8) is 0 Å². The first-order valence-electron chi connectivity index (χ1n) is 6.51. The van der Waals surface area contributed by atoms with Gasteiger partial charge in [0.15, 0.2) is 0 Å². The standard InChI is InChI=1S/C13H19NO5S2/c1-9-7-14(8-13(2,3)19-9)21(16,17)10-5-6-20-11(10)12(15)18-4/h5-6,9H,7-8H2,1-4H3. The maximum atomic E-state index is 12.8. The van der Waals surface area contributed by atoms with Crippen molar-refractivity contribution in [2.24, 2.45) is 0 Å². The topological polar surface area (TPSA) is 72.9 Å². The largest absolute Gasteiger partial charge is 0.465 e. The van der Waals surface area contributed by atoms with Gasteiger partial charge >= 0.3 is 5.97 Å². The highest BCUT2D eigenvalue weighted by atomic mass is 32.2. The summed E-state index contributed by atoms with van der Waals surface area (Å²) in [5.74, 6) is -0.635. The molecular weight excluding hydrogens is 314 g/mol. The summed E-state index contributed by atoms with van der Waals surface area (Å²) < 4.78 is 37.3. The number of morpholine rings is 1. The van der Waals surface area contributed by atoms with Gasteiger partial charge in [-0.2, -0.15) is 4.31 Å². The minimum absolute atomic E-state index is 0.00394. The molecule has 1 aliphatic rings. The highest BCUT2D eigenvalue weighted by molar-refractivity contribution is 7.89. The Morgan fingerprint density at radius 1 is 1.52 bits per heavy atom. The Labute approximate surface area is 128 Å². The van der Waals surface area contributed by atoms with Gasteiger partial charge in [-0.25, -0.2) is 13.2 Å². The van der Waals surface area contributed by atoms with Crippen molar-refractivity contribution in [3.8, 4) is 0 Å². The molecule has 0 saturated carbocycles. The number of sulfonamides is 1. The number of hydrogen-bond acceptors (Lipinski definition) is 6. The average molecular weight is 333 g/mol. The number of carbonyl (C=O) groups is 1. The SMILES string of the molecule is COC(=O)c1sccc1S(=O)(=O)N1CC(C)OC(C)(C)C1. The molecule has 0 bridgehead atoms. The van der Waals surface area contributed by atoms with Crippen molar-refractivity contribution >= 4 is 27.3 Å². The number of nitrogens with zero attached hydrogens (tertiary/aromatic N) is 1. The van der Waals surface area contributed by atoms with E-state index >= 15 is 0 Å². The summed E-state index contributed by atoms with van der Waals surface area (Å²) in [5, 5.41) is 1.58. The van der Waals surface area contributed by atoms with E-state index < -0.39 is 21.6 Å². The fourth-order valence-electron chi connectivity index (χ4n) is 2.46. The van der Waals surface area contributed by atoms with Crippen LogP contribution in [0.25, 0.3) is 0 Å². The molecule has 0 amide bonds. The molecule has 1 fully saturated rings. The lowest BCUT2D eigenvalue weighted by Crippen LogP contribution is -2.53. The fraction of sp³-hybridized carbons (Fsp3) is 0.615. The third kappa shape index (κ3) is 3.28. The molecule has 1 aromatic heterocycles. The first-order valence-corrected chi connectivity index (χ1v) is 8.83. The highest BCUT2D eigenvalue weighted by Gasteiger charge is 2.39. The molecule has 21 heavy (non-hydrogen) atoms. The second kappa shape index (κ2) is 5.68. The van der Waals surface area contributed by atoms with Gasteiger partial charge in [0.25, 0.3) is 0 Å². The third-order valence-corrected chi connectivity index (χ3v) is 6.03. The monoisotopic (exact) mass is 333 g/mol. The summed E-state index contributed by atoms with van der Waals surface area (Å²) in [6.45, 7) is 6.04. The predicted molar refractivity (Wildman–Crippen MR) is 79.0 cm³/mol. The van der Waals surface area contributed by atoms with Crippen molar-refractivity contribution < 1.29 is 22.7 Å². The van der Waals surface area contributed by atoms with Crippen molar-refractivity contribution in [2.75, 3.05) is 20.2 Å². The molecule has 0 aliphatic carbocycles. The number of esters is 1. The van der Waals surface area contributed by atoms with Crippen LogP contribution in [0.5, 0.6) is 0 Å². The lowest BCUT2D eigenvalue weighted by molar-refractivity contribution is -0.109. The van der Waals surface area contributed by atoms with E-state index in [2.05, 4.69) is 4.74 Å². The van der Waals surface area contributed by atoms with Gasteiger partial charge in [-0.3, -0.25) is 0 Å². The first kappa shape index (κ1) is 16.4. The molecule has 1 aromatic rings. The van der Waals surface area contributed by atoms with Crippen molar-refractivity contribution in [1.29, 1.82) is 0 Å². The van der Waals surface area contributed by atoms with Crippen molar-refractivity contribution in [3.05, 3.63) is 16.3 Å². The minimum atomic E-state index is -3.75. The third-order valence-electron chi connectivity index (χ3n) is 3.16. The molecule has 0 radical (unpaired) electrons. The molecule has 118 valence electrons. The average Bonchev–Trinajstić information content (AvgIpc) is 2.85. The van der Waals surface area contributed by atoms with Gasteiger partial charge in [0.05, 0.1) is 18.8 Å². The van der Waals surface area contributed by atoms with Crippen LogP contribution in [0.3, 0.4) is 0 Å². The van der Waals surface area contributed by atoms with Gasteiger partial charge < -0.3 is 9.47 Å². The number of rotatable bonds is 3. The summed E-state index contributed by atoms with van der Waals surface area (Å²) in [7, 11) is -2.51. The number of hydrogen-bond donors (Lipinski definition) is 0. The smallest absolute Gasteiger partial charge is 0.349 e. The lowest BCUT2D eigenvalue weighted by atomic mass is 10.1. The van der Waals surface area contributed by atoms with Crippen LogP contribution in [-0.4, -0.2) is 50.6 Å². The summed E-state index contributed by atoms with van der Waals surface area (Å²) in [4.78, 5) is 11.8. The van der Waals surface area contributed by atoms with Gasteiger partial charge in [-0.1, -0.05) is 0 Å². The summed E-state index contributed by atoms with van der Waals surface area (Å²) in [6.07, 6.45) is -0.205. The number of methoxy groups -OCH3 is 1. The second-order valence-corrected chi connectivity index (χ2v) is 8.41. The summed E-state index contributed by atoms with van der Waals surface area (Å²) >= 11 is 1.06. The van der Waals surface area contributed by atoms with Gasteiger partial charge in [-0.05, 0) is 32.2 Å². The Kier molecular flexibility index (Phi) is 4.44. The van der Waals surface area contributed by atoms with Crippen LogP contribution in [-0.2, 0) is 19.5 Å². The normalized spacial score (nSPS) is 23.0. The van der Waals surface area contributed by atoms with Crippen molar-refractivity contribution in [1.82, 2.24) is 4.31 Å². The zero-order valence-corrected chi connectivity index (χ0v) is 14.1. The molecule has 2 rings (SSSR count). The van der Waals surface area contributed by atoms with E-state index in [0.717, 1.165) is 11.3 Å². The molecule has 1 atom stereocenters. The maximum absolute atomic E-state index is 12.8. The zero-order chi connectivity index (χ0) is 15.8. The molecule has 8 heteroatoms. The Bertz CT molecular complexity index is 635. The number of carbonyl (C=O) groups excluding carboxylic acids is 1. The fourth-order valence-corrected chi connectivity index (χ4v) is 5.43. The quantitative estimate of drug-likeness (QED) is 0.788. The van der Waals surface area contributed by atoms with E-state index in [4.69, 9.17) is 4.74 Å². The molecule has 0 N–H and O–H groups in total. The molecule has 1 unspecified atom stereocenters. The van der Waals surface area contributed by atoms with Crippen LogP contribution < -0.4 is 0 Å². The van der Waals surface area contributed by atoms with Crippen LogP contribution in [0.4, 0.5) is 0 Å². The summed E-state index contributed by atoms with van der Waals surface area (Å²) in [6, 6.07) is 1.44. The second-order valence-electron chi connectivity index (χ2n) is 5.59. The van der Waals surface area contributed by atoms with Gasteiger partial charge in [0.2, 0.25) is 10.0 Å². The number of thiophene rings is 1. The summed E-state index contributed by atoms with van der Waals surface area (Å²) in [5.41, 5.74) is -0.563. The minimum Gasteiger partial charge on any atom is -0.465 e. The van der Waals surface area contributed by atoms with Gasteiger partial charge in [0, 0.05) is 13.1 Å². The van der Waals surface area contributed by atoms with Crippen LogP contribution >= 0.6 is 11.3 Å².